The first kappa shape index (κ1) is 21.5. The SMILES string of the molecule is C=CC(=O)N1CCC(Nc2ncnc3nc(C(C)/C=C/COc4cccc(F)c4)[nH]c23)C1. The van der Waals surface area contributed by atoms with Crippen LogP contribution in [0.2, 0.25) is 0 Å². The molecule has 166 valence electrons. The van der Waals surface area contributed by atoms with E-state index >= 15 is 0 Å². The second-order valence-electron chi connectivity index (χ2n) is 7.65. The highest BCUT2D eigenvalue weighted by Crippen LogP contribution is 2.23. The Labute approximate surface area is 185 Å². The molecule has 0 aliphatic carbocycles. The van der Waals surface area contributed by atoms with Gasteiger partial charge in [-0.1, -0.05) is 31.7 Å². The summed E-state index contributed by atoms with van der Waals surface area (Å²) in [7, 11) is 0. The molecular weight excluding hydrogens is 411 g/mol. The van der Waals surface area contributed by atoms with E-state index in [2.05, 4.69) is 31.8 Å². The van der Waals surface area contributed by atoms with Gasteiger partial charge in [-0.25, -0.2) is 19.3 Å². The van der Waals surface area contributed by atoms with Crippen LogP contribution >= 0.6 is 0 Å². The van der Waals surface area contributed by atoms with Gasteiger partial charge in [0.2, 0.25) is 5.91 Å². The van der Waals surface area contributed by atoms with Gasteiger partial charge in [0.25, 0.3) is 0 Å². The van der Waals surface area contributed by atoms with Gasteiger partial charge >= 0.3 is 0 Å². The lowest BCUT2D eigenvalue weighted by Gasteiger charge is -2.15. The Balaban J connectivity index is 1.40. The number of nitrogens with zero attached hydrogens (tertiary/aromatic N) is 4. The Bertz CT molecular complexity index is 1140. The molecule has 32 heavy (non-hydrogen) atoms. The summed E-state index contributed by atoms with van der Waals surface area (Å²) in [5, 5.41) is 3.40. The highest BCUT2D eigenvalue weighted by atomic mass is 19.1. The van der Waals surface area contributed by atoms with Gasteiger partial charge in [0.15, 0.2) is 11.5 Å². The van der Waals surface area contributed by atoms with Crippen molar-refractivity contribution in [2.45, 2.75) is 25.3 Å². The van der Waals surface area contributed by atoms with E-state index in [0.29, 0.717) is 36.9 Å². The molecule has 1 aromatic carbocycles. The number of nitrogens with one attached hydrogen (secondary N) is 2. The summed E-state index contributed by atoms with van der Waals surface area (Å²) in [5.74, 6) is 1.49. The highest BCUT2D eigenvalue weighted by molar-refractivity contribution is 5.87. The fourth-order valence-electron chi connectivity index (χ4n) is 3.62. The highest BCUT2D eigenvalue weighted by Gasteiger charge is 2.26. The number of carbonyl (C=O) groups is 1. The molecule has 3 aromatic rings. The van der Waals surface area contributed by atoms with Gasteiger partial charge in [0.1, 0.15) is 35.8 Å². The van der Waals surface area contributed by atoms with Crippen molar-refractivity contribution >= 4 is 22.9 Å². The number of benzene rings is 1. The van der Waals surface area contributed by atoms with E-state index in [0.717, 1.165) is 17.8 Å². The predicted molar refractivity (Wildman–Crippen MR) is 120 cm³/mol. The molecule has 1 saturated heterocycles. The van der Waals surface area contributed by atoms with Crippen molar-refractivity contribution in [2.24, 2.45) is 0 Å². The minimum absolute atomic E-state index is 0.0136. The largest absolute Gasteiger partial charge is 0.489 e. The van der Waals surface area contributed by atoms with Gasteiger partial charge in [0, 0.05) is 31.1 Å². The van der Waals surface area contributed by atoms with Gasteiger partial charge in [-0.2, -0.15) is 0 Å². The van der Waals surface area contributed by atoms with Crippen molar-refractivity contribution in [2.75, 3.05) is 25.0 Å². The molecule has 4 rings (SSSR count). The third-order valence-electron chi connectivity index (χ3n) is 5.32. The van der Waals surface area contributed by atoms with Crippen molar-refractivity contribution < 1.29 is 13.9 Å². The predicted octanol–water partition coefficient (Wildman–Crippen LogP) is 3.43. The minimum atomic E-state index is -0.328. The smallest absolute Gasteiger partial charge is 0.246 e. The summed E-state index contributed by atoms with van der Waals surface area (Å²) in [4.78, 5) is 30.1. The summed E-state index contributed by atoms with van der Waals surface area (Å²) in [6, 6.07) is 6.14. The van der Waals surface area contributed by atoms with Gasteiger partial charge in [-0.05, 0) is 24.6 Å². The molecule has 3 heterocycles. The van der Waals surface area contributed by atoms with Crippen LogP contribution in [0.1, 0.15) is 25.1 Å². The van der Waals surface area contributed by atoms with E-state index in [1.165, 1.54) is 24.5 Å². The van der Waals surface area contributed by atoms with E-state index in [4.69, 9.17) is 4.74 Å². The molecule has 1 fully saturated rings. The number of amides is 1. The maximum absolute atomic E-state index is 13.2. The number of ether oxygens (including phenoxy) is 1. The fraction of sp³-hybridized carbons (Fsp3) is 0.304. The molecule has 0 bridgehead atoms. The lowest BCUT2D eigenvalue weighted by atomic mass is 10.1. The average Bonchev–Trinajstić information content (AvgIpc) is 3.44. The molecule has 2 unspecified atom stereocenters. The van der Waals surface area contributed by atoms with E-state index in [1.807, 2.05) is 19.1 Å². The molecule has 2 N–H and O–H groups in total. The molecule has 0 spiro atoms. The summed E-state index contributed by atoms with van der Waals surface area (Å²) in [5.41, 5.74) is 1.30. The van der Waals surface area contributed by atoms with Gasteiger partial charge in [0.05, 0.1) is 0 Å². The zero-order valence-electron chi connectivity index (χ0n) is 17.8. The number of rotatable bonds is 8. The van der Waals surface area contributed by atoms with Gasteiger partial charge < -0.3 is 19.9 Å². The van der Waals surface area contributed by atoms with Crippen LogP contribution in [-0.2, 0) is 4.79 Å². The van der Waals surface area contributed by atoms with Crippen LogP contribution in [0.5, 0.6) is 5.75 Å². The summed E-state index contributed by atoms with van der Waals surface area (Å²) >= 11 is 0. The van der Waals surface area contributed by atoms with Crippen LogP contribution in [0.4, 0.5) is 10.2 Å². The van der Waals surface area contributed by atoms with Crippen molar-refractivity contribution in [1.29, 1.82) is 0 Å². The van der Waals surface area contributed by atoms with E-state index in [-0.39, 0.29) is 23.7 Å². The quantitative estimate of drug-likeness (QED) is 0.415. The summed E-state index contributed by atoms with van der Waals surface area (Å²) in [6.45, 7) is 7.16. The Kier molecular flexibility index (Phi) is 6.44. The Morgan fingerprint density at radius 3 is 3.16 bits per heavy atom. The number of aromatic nitrogens is 4. The standard InChI is InChI=1S/C23H25FN6O2/c1-3-19(31)30-10-9-17(13-30)27-22-20-23(26-14-25-22)29-21(28-20)15(2)6-5-11-32-18-8-4-7-16(24)12-18/h3-8,12,14-15,17H,1,9-11,13H2,2H3,(H2,25,26,27,28,29)/b6-5+. The summed E-state index contributed by atoms with van der Waals surface area (Å²) in [6.07, 6.45) is 7.48. The third-order valence-corrected chi connectivity index (χ3v) is 5.32. The molecule has 8 nitrogen and oxygen atoms in total. The maximum Gasteiger partial charge on any atom is 0.246 e. The number of halogens is 1. The summed E-state index contributed by atoms with van der Waals surface area (Å²) < 4.78 is 18.7. The normalized spacial score (nSPS) is 17.1. The second-order valence-corrected chi connectivity index (χ2v) is 7.65. The average molecular weight is 436 g/mol. The molecule has 0 radical (unpaired) electrons. The number of fused-ring (bicyclic) bond motifs is 1. The molecule has 1 aliphatic heterocycles. The van der Waals surface area contributed by atoms with E-state index in [9.17, 15) is 9.18 Å². The van der Waals surface area contributed by atoms with Gasteiger partial charge in [-0.15, -0.1) is 0 Å². The first-order chi connectivity index (χ1) is 15.5. The molecule has 2 atom stereocenters. The van der Waals surface area contributed by atoms with E-state index in [1.54, 1.807) is 17.0 Å². The first-order valence-electron chi connectivity index (χ1n) is 10.5. The van der Waals surface area contributed by atoms with Crippen LogP contribution in [0.15, 0.2) is 55.4 Å². The van der Waals surface area contributed by atoms with Crippen molar-refractivity contribution in [3.05, 3.63) is 67.0 Å². The van der Waals surface area contributed by atoms with Crippen molar-refractivity contribution in [3.63, 3.8) is 0 Å². The fourth-order valence-corrected chi connectivity index (χ4v) is 3.62. The van der Waals surface area contributed by atoms with E-state index < -0.39 is 0 Å². The molecule has 0 saturated carbocycles. The first-order valence-corrected chi connectivity index (χ1v) is 10.5. The molecule has 2 aromatic heterocycles. The van der Waals surface area contributed by atoms with Crippen LogP contribution in [0, 0.1) is 5.82 Å². The zero-order valence-corrected chi connectivity index (χ0v) is 17.8. The Morgan fingerprint density at radius 1 is 1.47 bits per heavy atom. The topological polar surface area (TPSA) is 96.0 Å². The maximum atomic E-state index is 13.2. The monoisotopic (exact) mass is 436 g/mol. The van der Waals surface area contributed by atoms with Crippen molar-refractivity contribution in [3.8, 4) is 5.75 Å². The molecule has 1 aliphatic rings. The number of likely N-dealkylation sites (tertiary alicyclic amines) is 1. The molecule has 9 heteroatoms. The third kappa shape index (κ3) is 4.93. The zero-order chi connectivity index (χ0) is 22.5. The number of allylic oxidation sites excluding steroid dienone is 1. The minimum Gasteiger partial charge on any atom is -0.489 e. The Morgan fingerprint density at radius 2 is 2.34 bits per heavy atom. The number of anilines is 1. The number of aromatic amines is 1. The Hall–Kier alpha value is -3.75. The number of H-pyrrole nitrogens is 1. The van der Waals surface area contributed by atoms with Crippen LogP contribution in [0.3, 0.4) is 0 Å². The number of imidazole rings is 1. The lowest BCUT2D eigenvalue weighted by Crippen LogP contribution is -2.30. The number of hydrogen-bond donors (Lipinski definition) is 2. The van der Waals surface area contributed by atoms with Crippen LogP contribution < -0.4 is 10.1 Å². The second kappa shape index (κ2) is 9.59. The molecule has 1 amide bonds. The number of hydrogen-bond acceptors (Lipinski definition) is 6. The molecular formula is C23H25FN6O2. The van der Waals surface area contributed by atoms with Crippen LogP contribution in [0.25, 0.3) is 11.2 Å². The van der Waals surface area contributed by atoms with Gasteiger partial charge in [-0.3, -0.25) is 4.79 Å². The lowest BCUT2D eigenvalue weighted by molar-refractivity contribution is -0.125. The number of carbonyl (C=O) groups excluding carboxylic acids is 1. The van der Waals surface area contributed by atoms with Crippen molar-refractivity contribution in [1.82, 2.24) is 24.8 Å². The van der Waals surface area contributed by atoms with Crippen LogP contribution in [-0.4, -0.2) is 56.5 Å².